The van der Waals surface area contributed by atoms with Crippen molar-refractivity contribution in [1.29, 1.82) is 0 Å². The lowest BCUT2D eigenvalue weighted by Gasteiger charge is -2.25. The molecule has 0 aliphatic carbocycles. The van der Waals surface area contributed by atoms with E-state index in [4.69, 9.17) is 4.74 Å². The van der Waals surface area contributed by atoms with E-state index >= 15 is 0 Å². The van der Waals surface area contributed by atoms with Crippen molar-refractivity contribution in [2.45, 2.75) is 6.92 Å². The van der Waals surface area contributed by atoms with E-state index in [0.29, 0.717) is 0 Å². The summed E-state index contributed by atoms with van der Waals surface area (Å²) in [7, 11) is 0. The Labute approximate surface area is 97.5 Å². The van der Waals surface area contributed by atoms with Crippen LogP contribution in [0, 0.1) is 6.92 Å². The highest BCUT2D eigenvalue weighted by atomic mass is 16.5. The van der Waals surface area contributed by atoms with Gasteiger partial charge in [-0.3, -0.25) is 4.90 Å². The number of benzene rings is 1. The molecule has 1 saturated heterocycles. The van der Waals surface area contributed by atoms with Crippen molar-refractivity contribution in [2.24, 2.45) is 0 Å². The third kappa shape index (κ3) is 3.47. The summed E-state index contributed by atoms with van der Waals surface area (Å²) in [5, 5.41) is 0. The first-order valence-electron chi connectivity index (χ1n) is 5.88. The summed E-state index contributed by atoms with van der Waals surface area (Å²) >= 11 is 0. The second-order valence-corrected chi connectivity index (χ2v) is 4.23. The van der Waals surface area contributed by atoms with E-state index in [0.717, 1.165) is 32.8 Å². The third-order valence-electron chi connectivity index (χ3n) is 2.82. The molecule has 1 fully saturated rings. The van der Waals surface area contributed by atoms with Crippen molar-refractivity contribution in [2.75, 3.05) is 32.8 Å². The highest BCUT2D eigenvalue weighted by molar-refractivity contribution is 5.50. The summed E-state index contributed by atoms with van der Waals surface area (Å²) in [5.74, 6) is 0. The molecule has 86 valence electrons. The van der Waals surface area contributed by atoms with E-state index < -0.39 is 0 Å². The van der Waals surface area contributed by atoms with Gasteiger partial charge in [0.25, 0.3) is 0 Å². The average Bonchev–Trinajstić information content (AvgIpc) is 2.30. The van der Waals surface area contributed by atoms with Gasteiger partial charge in [0.15, 0.2) is 0 Å². The summed E-state index contributed by atoms with van der Waals surface area (Å²) in [4.78, 5) is 2.41. The number of hydrogen-bond donors (Lipinski definition) is 0. The largest absolute Gasteiger partial charge is 0.379 e. The summed E-state index contributed by atoms with van der Waals surface area (Å²) in [6.45, 7) is 7.00. The van der Waals surface area contributed by atoms with E-state index in [1.54, 1.807) is 0 Å². The van der Waals surface area contributed by atoms with Crippen molar-refractivity contribution in [1.82, 2.24) is 4.90 Å². The van der Waals surface area contributed by atoms with E-state index in [2.05, 4.69) is 48.2 Å². The lowest BCUT2D eigenvalue weighted by molar-refractivity contribution is 0.0435. The molecule has 0 N–H and O–H groups in total. The molecule has 2 heteroatoms. The zero-order valence-corrected chi connectivity index (χ0v) is 9.86. The Kier molecular flexibility index (Phi) is 4.14. The lowest BCUT2D eigenvalue weighted by Crippen LogP contribution is -2.36. The molecule has 1 aromatic carbocycles. The van der Waals surface area contributed by atoms with Crippen LogP contribution in [-0.4, -0.2) is 37.7 Å². The van der Waals surface area contributed by atoms with Gasteiger partial charge in [-0.15, -0.1) is 0 Å². The Hall–Kier alpha value is -1.12. The molecule has 0 bridgehead atoms. The monoisotopic (exact) mass is 217 g/mol. The van der Waals surface area contributed by atoms with E-state index in [1.807, 2.05) is 0 Å². The quantitative estimate of drug-likeness (QED) is 0.770. The highest BCUT2D eigenvalue weighted by Crippen LogP contribution is 2.06. The molecule has 0 saturated carbocycles. The number of hydrogen-bond acceptors (Lipinski definition) is 2. The molecule has 0 aromatic heterocycles. The molecule has 0 unspecified atom stereocenters. The summed E-state index contributed by atoms with van der Waals surface area (Å²) in [5.41, 5.74) is 2.60. The molecule has 2 nitrogen and oxygen atoms in total. The molecule has 1 aromatic rings. The predicted octanol–water partition coefficient (Wildman–Crippen LogP) is 2.34. The second kappa shape index (κ2) is 5.83. The Balaban J connectivity index is 1.84. The Morgan fingerprint density at radius 1 is 1.31 bits per heavy atom. The van der Waals surface area contributed by atoms with Crippen molar-refractivity contribution in [3.05, 3.63) is 41.5 Å². The number of ether oxygens (including phenoxy) is 1. The van der Waals surface area contributed by atoms with Crippen LogP contribution < -0.4 is 0 Å². The molecular weight excluding hydrogens is 198 g/mol. The van der Waals surface area contributed by atoms with Gasteiger partial charge < -0.3 is 4.74 Å². The Morgan fingerprint density at radius 3 is 2.88 bits per heavy atom. The summed E-state index contributed by atoms with van der Waals surface area (Å²) in [6, 6.07) is 8.57. The van der Waals surface area contributed by atoms with Gasteiger partial charge in [-0.2, -0.15) is 0 Å². The first-order chi connectivity index (χ1) is 7.84. The molecule has 1 aliphatic rings. The van der Waals surface area contributed by atoms with Crippen molar-refractivity contribution < 1.29 is 4.74 Å². The fourth-order valence-corrected chi connectivity index (χ4v) is 1.90. The van der Waals surface area contributed by atoms with Gasteiger partial charge in [-0.05, 0) is 12.5 Å². The minimum Gasteiger partial charge on any atom is -0.379 e. The molecule has 1 aliphatic heterocycles. The Bertz CT molecular complexity index is 354. The van der Waals surface area contributed by atoms with Gasteiger partial charge in [-0.1, -0.05) is 42.0 Å². The number of nitrogens with zero attached hydrogens (tertiary/aromatic N) is 1. The van der Waals surface area contributed by atoms with Gasteiger partial charge in [-0.25, -0.2) is 0 Å². The number of rotatable bonds is 3. The van der Waals surface area contributed by atoms with Crippen LogP contribution in [0.2, 0.25) is 0 Å². The first kappa shape index (κ1) is 11.4. The number of aryl methyl sites for hydroxylation is 1. The zero-order valence-electron chi connectivity index (χ0n) is 9.86. The average molecular weight is 217 g/mol. The molecule has 0 atom stereocenters. The molecule has 0 spiro atoms. The molecule has 0 amide bonds. The fraction of sp³-hybridized carbons (Fsp3) is 0.429. The van der Waals surface area contributed by atoms with Crippen molar-refractivity contribution in [3.63, 3.8) is 0 Å². The molecule has 2 rings (SSSR count). The SMILES string of the molecule is Cc1cccc(/C=C/CN2CCOCC2)c1. The summed E-state index contributed by atoms with van der Waals surface area (Å²) in [6.07, 6.45) is 4.43. The van der Waals surface area contributed by atoms with E-state index in [9.17, 15) is 0 Å². The topological polar surface area (TPSA) is 12.5 Å². The summed E-state index contributed by atoms with van der Waals surface area (Å²) < 4.78 is 5.31. The zero-order chi connectivity index (χ0) is 11.2. The van der Waals surface area contributed by atoms with Gasteiger partial charge >= 0.3 is 0 Å². The van der Waals surface area contributed by atoms with Gasteiger partial charge in [0, 0.05) is 19.6 Å². The maximum atomic E-state index is 5.31. The van der Waals surface area contributed by atoms with E-state index in [-0.39, 0.29) is 0 Å². The fourth-order valence-electron chi connectivity index (χ4n) is 1.90. The van der Waals surface area contributed by atoms with Crippen LogP contribution in [0.1, 0.15) is 11.1 Å². The molecule has 0 radical (unpaired) electrons. The smallest absolute Gasteiger partial charge is 0.0594 e. The maximum absolute atomic E-state index is 5.31. The lowest BCUT2D eigenvalue weighted by atomic mass is 10.1. The van der Waals surface area contributed by atoms with Crippen LogP contribution in [0.4, 0.5) is 0 Å². The standard InChI is InChI=1S/C14H19NO/c1-13-4-2-5-14(12-13)6-3-7-15-8-10-16-11-9-15/h2-6,12H,7-11H2,1H3/b6-3+. The molecular formula is C14H19NO. The highest BCUT2D eigenvalue weighted by Gasteiger charge is 2.07. The van der Waals surface area contributed by atoms with Gasteiger partial charge in [0.2, 0.25) is 0 Å². The minimum absolute atomic E-state index is 0.873. The molecule has 16 heavy (non-hydrogen) atoms. The van der Waals surface area contributed by atoms with Crippen LogP contribution in [0.3, 0.4) is 0 Å². The third-order valence-corrected chi connectivity index (χ3v) is 2.82. The second-order valence-electron chi connectivity index (χ2n) is 4.23. The first-order valence-corrected chi connectivity index (χ1v) is 5.88. The van der Waals surface area contributed by atoms with Crippen LogP contribution in [0.15, 0.2) is 30.3 Å². The van der Waals surface area contributed by atoms with Crippen molar-refractivity contribution >= 4 is 6.08 Å². The van der Waals surface area contributed by atoms with Crippen LogP contribution >= 0.6 is 0 Å². The van der Waals surface area contributed by atoms with Gasteiger partial charge in [0.05, 0.1) is 13.2 Å². The molecule has 1 heterocycles. The maximum Gasteiger partial charge on any atom is 0.0594 e. The Morgan fingerprint density at radius 2 is 2.12 bits per heavy atom. The van der Waals surface area contributed by atoms with Gasteiger partial charge in [0.1, 0.15) is 0 Å². The van der Waals surface area contributed by atoms with Crippen LogP contribution in [0.25, 0.3) is 6.08 Å². The van der Waals surface area contributed by atoms with E-state index in [1.165, 1.54) is 11.1 Å². The van der Waals surface area contributed by atoms with Crippen molar-refractivity contribution in [3.8, 4) is 0 Å². The minimum atomic E-state index is 0.873. The number of morpholine rings is 1. The normalized spacial score (nSPS) is 18.1. The van der Waals surface area contributed by atoms with Crippen LogP contribution in [0.5, 0.6) is 0 Å². The van der Waals surface area contributed by atoms with Crippen LogP contribution in [-0.2, 0) is 4.74 Å². The predicted molar refractivity (Wildman–Crippen MR) is 67.5 cm³/mol.